The zero-order valence-corrected chi connectivity index (χ0v) is 14.6. The average Bonchev–Trinajstić information content (AvgIpc) is 2.58. The van der Waals surface area contributed by atoms with Gasteiger partial charge < -0.3 is 25.3 Å². The summed E-state index contributed by atoms with van der Waals surface area (Å²) in [6.07, 6.45) is 1.09. The van der Waals surface area contributed by atoms with Gasteiger partial charge in [0.1, 0.15) is 12.4 Å². The summed E-state index contributed by atoms with van der Waals surface area (Å²) >= 11 is 0. The Bertz CT molecular complexity index is 542. The number of amides is 1. The van der Waals surface area contributed by atoms with E-state index in [1.807, 2.05) is 32.0 Å². The second-order valence-electron chi connectivity index (χ2n) is 6.11. The predicted octanol–water partition coefficient (Wildman–Crippen LogP) is 1.53. The Kier molecular flexibility index (Phi) is 7.02. The fourth-order valence-electron chi connectivity index (χ4n) is 2.61. The molecule has 1 fully saturated rings. The molecule has 2 rings (SSSR count). The van der Waals surface area contributed by atoms with Crippen molar-refractivity contribution in [2.24, 2.45) is 5.73 Å². The maximum Gasteiger partial charge on any atom is 0.240 e. The molecule has 0 unspecified atom stereocenters. The van der Waals surface area contributed by atoms with E-state index in [4.69, 9.17) is 19.9 Å². The van der Waals surface area contributed by atoms with E-state index in [1.54, 1.807) is 0 Å². The van der Waals surface area contributed by atoms with Crippen molar-refractivity contribution in [3.8, 4) is 5.75 Å². The van der Waals surface area contributed by atoms with Gasteiger partial charge in [-0.05, 0) is 38.3 Å². The number of nitrogens with two attached hydrogens (primary N) is 1. The summed E-state index contributed by atoms with van der Waals surface area (Å²) in [6, 6.07) is 5.95. The molecule has 6 nitrogen and oxygen atoms in total. The van der Waals surface area contributed by atoms with Crippen molar-refractivity contribution in [1.82, 2.24) is 5.32 Å². The number of aryl methyl sites for hydroxylation is 1. The van der Waals surface area contributed by atoms with Crippen LogP contribution in [0.4, 0.5) is 0 Å². The van der Waals surface area contributed by atoms with Crippen LogP contribution in [0.3, 0.4) is 0 Å². The van der Waals surface area contributed by atoms with E-state index in [-0.39, 0.29) is 5.91 Å². The quantitative estimate of drug-likeness (QED) is 0.704. The minimum absolute atomic E-state index is 0.133. The minimum Gasteiger partial charge on any atom is -0.491 e. The Morgan fingerprint density at radius 2 is 2.08 bits per heavy atom. The van der Waals surface area contributed by atoms with Gasteiger partial charge in [0.25, 0.3) is 0 Å². The van der Waals surface area contributed by atoms with Crippen LogP contribution in [-0.2, 0) is 20.8 Å². The number of hydrogen-bond acceptors (Lipinski definition) is 5. The van der Waals surface area contributed by atoms with E-state index >= 15 is 0 Å². The van der Waals surface area contributed by atoms with E-state index in [1.165, 1.54) is 0 Å². The first kappa shape index (κ1) is 18.7. The Hall–Kier alpha value is -1.63. The van der Waals surface area contributed by atoms with E-state index < -0.39 is 5.54 Å². The molecule has 0 atom stereocenters. The van der Waals surface area contributed by atoms with Crippen LogP contribution in [0.15, 0.2) is 18.2 Å². The number of rotatable bonds is 8. The van der Waals surface area contributed by atoms with Gasteiger partial charge in [0.05, 0.1) is 12.1 Å². The highest BCUT2D eigenvalue weighted by Gasteiger charge is 2.35. The van der Waals surface area contributed by atoms with Gasteiger partial charge in [0.2, 0.25) is 5.91 Å². The number of benzene rings is 1. The van der Waals surface area contributed by atoms with Crippen molar-refractivity contribution in [2.45, 2.75) is 38.8 Å². The topological polar surface area (TPSA) is 82.8 Å². The first-order valence-corrected chi connectivity index (χ1v) is 8.50. The van der Waals surface area contributed by atoms with Gasteiger partial charge in [-0.25, -0.2) is 0 Å². The lowest BCUT2D eigenvalue weighted by Crippen LogP contribution is -2.56. The zero-order valence-electron chi connectivity index (χ0n) is 14.6. The fraction of sp³-hybridized carbons (Fsp3) is 0.611. The Balaban J connectivity index is 1.94. The van der Waals surface area contributed by atoms with Crippen LogP contribution >= 0.6 is 0 Å². The molecule has 24 heavy (non-hydrogen) atoms. The highest BCUT2D eigenvalue weighted by atomic mass is 16.5. The molecule has 0 spiro atoms. The molecule has 0 aromatic heterocycles. The van der Waals surface area contributed by atoms with Crippen LogP contribution in [0.25, 0.3) is 0 Å². The smallest absolute Gasteiger partial charge is 0.240 e. The van der Waals surface area contributed by atoms with Crippen molar-refractivity contribution < 1.29 is 19.0 Å². The van der Waals surface area contributed by atoms with Crippen molar-refractivity contribution in [3.63, 3.8) is 0 Å². The van der Waals surface area contributed by atoms with E-state index in [0.717, 1.165) is 16.9 Å². The molecule has 1 saturated heterocycles. The molecule has 1 aromatic rings. The number of carbonyl (C=O) groups excluding carboxylic acids is 1. The Labute approximate surface area is 143 Å². The van der Waals surface area contributed by atoms with Crippen LogP contribution < -0.4 is 15.8 Å². The van der Waals surface area contributed by atoms with Crippen molar-refractivity contribution in [3.05, 3.63) is 29.3 Å². The SMILES string of the molecule is CCOCCOc1cc(C)ccc1CNC(=O)C1(N)CCOCC1. The first-order chi connectivity index (χ1) is 11.5. The molecule has 1 amide bonds. The lowest BCUT2D eigenvalue weighted by molar-refractivity contribution is -0.129. The Morgan fingerprint density at radius 3 is 2.79 bits per heavy atom. The highest BCUT2D eigenvalue weighted by Crippen LogP contribution is 2.22. The second kappa shape index (κ2) is 9.01. The van der Waals surface area contributed by atoms with Crippen LogP contribution in [-0.4, -0.2) is 44.5 Å². The largest absolute Gasteiger partial charge is 0.491 e. The van der Waals surface area contributed by atoms with Gasteiger partial charge in [-0.2, -0.15) is 0 Å². The second-order valence-corrected chi connectivity index (χ2v) is 6.11. The molecular formula is C18H28N2O4. The molecule has 3 N–H and O–H groups in total. The predicted molar refractivity (Wildman–Crippen MR) is 92.0 cm³/mol. The molecule has 0 radical (unpaired) electrons. The molecule has 6 heteroatoms. The molecule has 0 bridgehead atoms. The lowest BCUT2D eigenvalue weighted by atomic mass is 9.90. The summed E-state index contributed by atoms with van der Waals surface area (Å²) in [6.45, 7) is 7.10. The number of ether oxygens (including phenoxy) is 3. The standard InChI is InChI=1S/C18H28N2O4/c1-3-22-10-11-24-16-12-14(2)4-5-15(16)13-20-17(21)18(19)6-8-23-9-7-18/h4-5,12H,3,6-11,13,19H2,1-2H3,(H,20,21). The molecule has 1 aliphatic rings. The van der Waals surface area contributed by atoms with E-state index in [0.29, 0.717) is 52.4 Å². The Morgan fingerprint density at radius 1 is 1.33 bits per heavy atom. The van der Waals surface area contributed by atoms with Crippen LogP contribution in [0.2, 0.25) is 0 Å². The van der Waals surface area contributed by atoms with Crippen LogP contribution in [0.5, 0.6) is 5.75 Å². The minimum atomic E-state index is -0.834. The first-order valence-electron chi connectivity index (χ1n) is 8.50. The van der Waals surface area contributed by atoms with Crippen molar-refractivity contribution in [1.29, 1.82) is 0 Å². The summed E-state index contributed by atoms with van der Waals surface area (Å²) in [5.74, 6) is 0.639. The van der Waals surface area contributed by atoms with Gasteiger partial charge in [-0.1, -0.05) is 12.1 Å². The molecule has 0 saturated carbocycles. The van der Waals surface area contributed by atoms with Crippen molar-refractivity contribution >= 4 is 5.91 Å². The maximum absolute atomic E-state index is 12.4. The zero-order chi connectivity index (χ0) is 17.4. The summed E-state index contributed by atoms with van der Waals surface area (Å²) < 4.78 is 16.4. The van der Waals surface area contributed by atoms with Crippen LogP contribution in [0, 0.1) is 6.92 Å². The number of hydrogen-bond donors (Lipinski definition) is 2. The summed E-state index contributed by atoms with van der Waals surface area (Å²) in [4.78, 5) is 12.4. The number of carbonyl (C=O) groups is 1. The van der Waals surface area contributed by atoms with Gasteiger partial charge in [-0.3, -0.25) is 4.79 Å². The van der Waals surface area contributed by atoms with Gasteiger partial charge in [-0.15, -0.1) is 0 Å². The third-order valence-corrected chi connectivity index (χ3v) is 4.19. The maximum atomic E-state index is 12.4. The van der Waals surface area contributed by atoms with Gasteiger partial charge in [0.15, 0.2) is 0 Å². The molecule has 0 aliphatic carbocycles. The van der Waals surface area contributed by atoms with Crippen molar-refractivity contribution in [2.75, 3.05) is 33.0 Å². The highest BCUT2D eigenvalue weighted by molar-refractivity contribution is 5.86. The average molecular weight is 336 g/mol. The fourth-order valence-corrected chi connectivity index (χ4v) is 2.61. The summed E-state index contributed by atoms with van der Waals surface area (Å²) in [5, 5.41) is 2.94. The monoisotopic (exact) mass is 336 g/mol. The summed E-state index contributed by atoms with van der Waals surface area (Å²) in [5.41, 5.74) is 7.41. The third kappa shape index (κ3) is 5.19. The van der Waals surface area contributed by atoms with E-state index in [2.05, 4.69) is 5.32 Å². The summed E-state index contributed by atoms with van der Waals surface area (Å²) in [7, 11) is 0. The molecule has 134 valence electrons. The molecule has 1 aliphatic heterocycles. The molecule has 1 aromatic carbocycles. The normalized spacial score (nSPS) is 16.6. The third-order valence-electron chi connectivity index (χ3n) is 4.19. The van der Waals surface area contributed by atoms with E-state index in [9.17, 15) is 4.79 Å². The van der Waals surface area contributed by atoms with Gasteiger partial charge >= 0.3 is 0 Å². The lowest BCUT2D eigenvalue weighted by Gasteiger charge is -2.31. The molecular weight excluding hydrogens is 308 g/mol. The van der Waals surface area contributed by atoms with Gasteiger partial charge in [0, 0.05) is 31.9 Å². The number of nitrogens with one attached hydrogen (secondary N) is 1. The van der Waals surface area contributed by atoms with Crippen LogP contribution in [0.1, 0.15) is 30.9 Å². The molecule has 1 heterocycles.